The molecule has 0 bridgehead atoms. The monoisotopic (exact) mass is 397 g/mol. The van der Waals surface area contributed by atoms with Crippen molar-refractivity contribution < 1.29 is 14.4 Å². The molecule has 3 fully saturated rings. The molecule has 1 N–H and O–H groups in total. The van der Waals surface area contributed by atoms with E-state index < -0.39 is 11.6 Å². The van der Waals surface area contributed by atoms with Crippen LogP contribution in [-0.2, 0) is 15.1 Å². The summed E-state index contributed by atoms with van der Waals surface area (Å²) in [5, 5.41) is 2.92. The van der Waals surface area contributed by atoms with Gasteiger partial charge in [-0.05, 0) is 43.6 Å². The zero-order chi connectivity index (χ0) is 20.4. The first-order valence-corrected chi connectivity index (χ1v) is 11.1. The number of hydrogen-bond acceptors (Lipinski definition) is 3. The maximum Gasteiger partial charge on any atom is 0.325 e. The maximum absolute atomic E-state index is 13.4. The van der Waals surface area contributed by atoms with Gasteiger partial charge in [0.2, 0.25) is 5.91 Å². The summed E-state index contributed by atoms with van der Waals surface area (Å²) in [7, 11) is 0. The Kier molecular flexibility index (Phi) is 5.61. The number of carbonyl (C=O) groups is 3. The Labute approximate surface area is 172 Å². The van der Waals surface area contributed by atoms with Gasteiger partial charge in [0.15, 0.2) is 0 Å². The Hall–Kier alpha value is -2.37. The Balaban J connectivity index is 1.53. The lowest BCUT2D eigenvalue weighted by molar-refractivity contribution is -0.143. The van der Waals surface area contributed by atoms with E-state index in [2.05, 4.69) is 5.32 Å². The first-order chi connectivity index (χ1) is 14.1. The molecular formula is C23H31N3O3. The van der Waals surface area contributed by atoms with Crippen LogP contribution in [0.15, 0.2) is 30.3 Å². The van der Waals surface area contributed by atoms with E-state index in [0.29, 0.717) is 12.3 Å². The fourth-order valence-corrected chi connectivity index (χ4v) is 5.54. The minimum Gasteiger partial charge on any atom is -0.338 e. The molecule has 3 atom stereocenters. The Bertz CT molecular complexity index is 779. The zero-order valence-corrected chi connectivity index (χ0v) is 17.2. The lowest BCUT2D eigenvalue weighted by Gasteiger charge is -2.44. The predicted molar refractivity (Wildman–Crippen MR) is 110 cm³/mol. The molecule has 4 rings (SSSR count). The third kappa shape index (κ3) is 3.53. The number of nitrogens with one attached hydrogen (secondary N) is 1. The van der Waals surface area contributed by atoms with Crippen LogP contribution in [0.5, 0.6) is 0 Å². The molecule has 2 aliphatic heterocycles. The van der Waals surface area contributed by atoms with Crippen LogP contribution in [-0.4, -0.2) is 46.8 Å². The molecule has 2 heterocycles. The predicted octanol–water partition coefficient (Wildman–Crippen LogP) is 3.42. The fraction of sp³-hybridized carbons (Fsp3) is 0.609. The van der Waals surface area contributed by atoms with E-state index in [1.807, 2.05) is 42.2 Å². The number of hydrogen-bond donors (Lipinski definition) is 1. The summed E-state index contributed by atoms with van der Waals surface area (Å²) in [5.41, 5.74) is -0.289. The highest BCUT2D eigenvalue weighted by Crippen LogP contribution is 2.36. The van der Waals surface area contributed by atoms with Crippen LogP contribution in [0.2, 0.25) is 0 Å². The van der Waals surface area contributed by atoms with Crippen molar-refractivity contribution in [1.82, 2.24) is 15.1 Å². The van der Waals surface area contributed by atoms with E-state index in [0.717, 1.165) is 42.7 Å². The van der Waals surface area contributed by atoms with Crippen molar-refractivity contribution in [3.63, 3.8) is 0 Å². The van der Waals surface area contributed by atoms with Crippen molar-refractivity contribution in [1.29, 1.82) is 0 Å². The number of carbonyl (C=O) groups excluding carboxylic acids is 3. The quantitative estimate of drug-likeness (QED) is 0.774. The van der Waals surface area contributed by atoms with Gasteiger partial charge in [-0.15, -0.1) is 0 Å². The van der Waals surface area contributed by atoms with Crippen molar-refractivity contribution in [3.8, 4) is 0 Å². The number of piperidine rings is 1. The number of benzene rings is 1. The van der Waals surface area contributed by atoms with Crippen molar-refractivity contribution in [2.24, 2.45) is 5.92 Å². The number of likely N-dealkylation sites (tertiary alicyclic amines) is 1. The number of imide groups is 1. The summed E-state index contributed by atoms with van der Waals surface area (Å²) in [6.45, 7) is 2.57. The molecule has 6 heteroatoms. The topological polar surface area (TPSA) is 69.7 Å². The van der Waals surface area contributed by atoms with Crippen molar-refractivity contribution in [2.75, 3.05) is 13.1 Å². The smallest absolute Gasteiger partial charge is 0.325 e. The molecule has 0 radical (unpaired) electrons. The fourth-order valence-electron chi connectivity index (χ4n) is 5.54. The molecule has 1 saturated carbocycles. The molecule has 1 aromatic carbocycles. The minimum absolute atomic E-state index is 0.0922. The summed E-state index contributed by atoms with van der Waals surface area (Å²) in [5.74, 6) is 0.180. The molecule has 0 unspecified atom stereocenters. The summed E-state index contributed by atoms with van der Waals surface area (Å²) in [4.78, 5) is 42.4. The van der Waals surface area contributed by atoms with Gasteiger partial charge in [-0.3, -0.25) is 14.5 Å². The van der Waals surface area contributed by atoms with E-state index in [4.69, 9.17) is 0 Å². The lowest BCUT2D eigenvalue weighted by Crippen LogP contribution is -2.53. The molecule has 6 nitrogen and oxygen atoms in total. The number of rotatable bonds is 5. The van der Waals surface area contributed by atoms with Crippen molar-refractivity contribution >= 4 is 17.8 Å². The first-order valence-electron chi connectivity index (χ1n) is 11.1. The Morgan fingerprint density at radius 1 is 1.10 bits per heavy atom. The molecule has 0 aromatic heterocycles. The van der Waals surface area contributed by atoms with E-state index >= 15 is 0 Å². The number of fused-ring (bicyclic) bond motifs is 1. The van der Waals surface area contributed by atoms with Gasteiger partial charge >= 0.3 is 6.03 Å². The van der Waals surface area contributed by atoms with Gasteiger partial charge in [0.05, 0.1) is 0 Å². The third-order valence-corrected chi connectivity index (χ3v) is 6.92. The van der Waals surface area contributed by atoms with Crippen LogP contribution >= 0.6 is 0 Å². The van der Waals surface area contributed by atoms with Crippen molar-refractivity contribution in [2.45, 2.75) is 69.9 Å². The van der Waals surface area contributed by atoms with Gasteiger partial charge in [0.25, 0.3) is 5.91 Å². The minimum atomic E-state index is -1.07. The molecule has 1 aliphatic carbocycles. The molecule has 4 amide bonds. The van der Waals surface area contributed by atoms with Crippen LogP contribution < -0.4 is 5.32 Å². The summed E-state index contributed by atoms with van der Waals surface area (Å²) in [6, 6.07) is 9.20. The average molecular weight is 398 g/mol. The summed E-state index contributed by atoms with van der Waals surface area (Å²) >= 11 is 0. The Morgan fingerprint density at radius 3 is 2.59 bits per heavy atom. The second-order valence-corrected chi connectivity index (χ2v) is 8.68. The van der Waals surface area contributed by atoms with Crippen LogP contribution in [0, 0.1) is 5.92 Å². The van der Waals surface area contributed by atoms with Gasteiger partial charge in [-0.25, -0.2) is 4.79 Å². The average Bonchev–Trinajstić information content (AvgIpc) is 2.99. The van der Waals surface area contributed by atoms with Gasteiger partial charge in [0, 0.05) is 12.6 Å². The van der Waals surface area contributed by atoms with Crippen LogP contribution in [0.25, 0.3) is 0 Å². The van der Waals surface area contributed by atoms with E-state index in [1.54, 1.807) is 0 Å². The normalized spacial score (nSPS) is 29.6. The largest absolute Gasteiger partial charge is 0.338 e. The highest BCUT2D eigenvalue weighted by molar-refractivity contribution is 6.09. The van der Waals surface area contributed by atoms with Gasteiger partial charge in [-0.1, -0.05) is 56.5 Å². The molecule has 156 valence electrons. The lowest BCUT2D eigenvalue weighted by atomic mass is 9.78. The van der Waals surface area contributed by atoms with Crippen molar-refractivity contribution in [3.05, 3.63) is 35.9 Å². The standard InChI is InChI=1S/C23H31N3O3/c1-2-14-23(18-11-4-3-5-12-18)21(28)26(22(29)24-23)16-20(27)25-15-8-10-17-9-6-7-13-19(17)25/h3-5,11-12,17,19H,2,6-10,13-16H2,1H3,(H,24,29)/t17-,19-,23+/m0/s1. The zero-order valence-electron chi connectivity index (χ0n) is 17.2. The highest BCUT2D eigenvalue weighted by Gasteiger charge is 2.52. The molecule has 3 aliphatic rings. The van der Waals surface area contributed by atoms with Crippen LogP contribution in [0.4, 0.5) is 4.79 Å². The maximum atomic E-state index is 13.4. The molecule has 1 aromatic rings. The second-order valence-electron chi connectivity index (χ2n) is 8.68. The number of urea groups is 1. The van der Waals surface area contributed by atoms with Gasteiger partial charge in [0.1, 0.15) is 12.1 Å². The number of amides is 4. The SMILES string of the molecule is CCC[C@]1(c2ccccc2)NC(=O)N(CC(=O)N2CCC[C@@H]3CCCC[C@@H]32)C1=O. The summed E-state index contributed by atoms with van der Waals surface area (Å²) in [6.07, 6.45) is 8.08. The Morgan fingerprint density at radius 2 is 1.83 bits per heavy atom. The molecular weight excluding hydrogens is 366 g/mol. The van der Waals surface area contributed by atoms with E-state index in [1.165, 1.54) is 19.3 Å². The molecule has 2 saturated heterocycles. The second kappa shape index (κ2) is 8.17. The summed E-state index contributed by atoms with van der Waals surface area (Å²) < 4.78 is 0. The molecule has 29 heavy (non-hydrogen) atoms. The number of nitrogens with zero attached hydrogens (tertiary/aromatic N) is 2. The van der Waals surface area contributed by atoms with E-state index in [-0.39, 0.29) is 24.4 Å². The highest BCUT2D eigenvalue weighted by atomic mass is 16.2. The third-order valence-electron chi connectivity index (χ3n) is 6.92. The van der Waals surface area contributed by atoms with Crippen LogP contribution in [0.1, 0.15) is 63.9 Å². The van der Waals surface area contributed by atoms with Gasteiger partial charge in [-0.2, -0.15) is 0 Å². The van der Waals surface area contributed by atoms with Gasteiger partial charge < -0.3 is 10.2 Å². The van der Waals surface area contributed by atoms with E-state index in [9.17, 15) is 14.4 Å². The molecule has 0 spiro atoms. The first kappa shape index (κ1) is 19.9. The van der Waals surface area contributed by atoms with Crippen LogP contribution in [0.3, 0.4) is 0 Å².